The number of carbonyl (C=O) groups is 2. The van der Waals surface area contributed by atoms with Gasteiger partial charge in [-0.1, -0.05) is 26.0 Å². The van der Waals surface area contributed by atoms with Crippen LogP contribution in [-0.2, 0) is 4.79 Å². The summed E-state index contributed by atoms with van der Waals surface area (Å²) in [6.07, 6.45) is 0.368. The zero-order valence-corrected chi connectivity index (χ0v) is 16.5. The van der Waals surface area contributed by atoms with Crippen molar-refractivity contribution in [2.24, 2.45) is 10.5 Å². The van der Waals surface area contributed by atoms with Crippen LogP contribution in [0.4, 0.5) is 21.9 Å². The zero-order chi connectivity index (χ0) is 20.3. The highest BCUT2D eigenvalue weighted by atomic mass is 16.2. The van der Waals surface area contributed by atoms with Crippen molar-refractivity contribution in [1.82, 2.24) is 5.43 Å². The number of nitrogens with zero attached hydrogens (tertiary/aromatic N) is 2. The smallest absolute Gasteiger partial charge is 0.323 e. The summed E-state index contributed by atoms with van der Waals surface area (Å²) in [4.78, 5) is 25.9. The van der Waals surface area contributed by atoms with Gasteiger partial charge in [-0.2, -0.15) is 5.10 Å². The van der Waals surface area contributed by atoms with E-state index in [1.54, 1.807) is 0 Å². The van der Waals surface area contributed by atoms with Gasteiger partial charge in [0.15, 0.2) is 0 Å². The second-order valence-electron chi connectivity index (χ2n) is 7.66. The van der Waals surface area contributed by atoms with Crippen molar-refractivity contribution in [2.45, 2.75) is 20.3 Å². The van der Waals surface area contributed by atoms with Crippen LogP contribution in [0, 0.1) is 5.41 Å². The molecule has 0 spiro atoms. The standard InChI is InChI=1S/C21H25N5O2/c1-21(2)13-18(27)24-25-19(21)14-6-5-7-16(12-14)23-20(28)22-15-8-10-17(11-9-15)26(3)4/h5-12H,13H2,1-4H3,(H,24,27)(H2,22,23,28). The summed E-state index contributed by atoms with van der Waals surface area (Å²) in [6, 6.07) is 14.7. The molecule has 1 aliphatic heterocycles. The van der Waals surface area contributed by atoms with Crippen molar-refractivity contribution in [3.05, 3.63) is 54.1 Å². The Morgan fingerprint density at radius 3 is 2.39 bits per heavy atom. The number of amides is 3. The fourth-order valence-corrected chi connectivity index (χ4v) is 3.13. The van der Waals surface area contributed by atoms with Gasteiger partial charge in [0.2, 0.25) is 5.91 Å². The molecule has 0 unspecified atom stereocenters. The first-order valence-electron chi connectivity index (χ1n) is 9.07. The molecule has 2 aromatic carbocycles. The van der Waals surface area contributed by atoms with E-state index in [0.29, 0.717) is 17.8 Å². The lowest BCUT2D eigenvalue weighted by molar-refractivity contribution is -0.122. The van der Waals surface area contributed by atoms with Crippen LogP contribution in [0.3, 0.4) is 0 Å². The maximum Gasteiger partial charge on any atom is 0.323 e. The Balaban J connectivity index is 1.70. The van der Waals surface area contributed by atoms with Crippen LogP contribution >= 0.6 is 0 Å². The molecule has 1 aliphatic rings. The summed E-state index contributed by atoms with van der Waals surface area (Å²) in [5, 5.41) is 9.89. The SMILES string of the molecule is CN(C)c1ccc(NC(=O)Nc2cccc(C3=NNC(=O)CC3(C)C)c2)cc1. The van der Waals surface area contributed by atoms with E-state index >= 15 is 0 Å². The number of nitrogens with one attached hydrogen (secondary N) is 3. The van der Waals surface area contributed by atoms with E-state index in [4.69, 9.17) is 0 Å². The fraction of sp³-hybridized carbons (Fsp3) is 0.286. The summed E-state index contributed by atoms with van der Waals surface area (Å²) in [6.45, 7) is 3.96. The summed E-state index contributed by atoms with van der Waals surface area (Å²) in [7, 11) is 3.93. The molecule has 3 amide bonds. The van der Waals surface area contributed by atoms with E-state index in [1.165, 1.54) is 0 Å². The fourth-order valence-electron chi connectivity index (χ4n) is 3.13. The average Bonchev–Trinajstić information content (AvgIpc) is 2.61. The van der Waals surface area contributed by atoms with Gasteiger partial charge in [-0.05, 0) is 36.4 Å². The minimum atomic E-state index is -0.378. The van der Waals surface area contributed by atoms with Gasteiger partial charge in [-0.3, -0.25) is 4.79 Å². The van der Waals surface area contributed by atoms with Gasteiger partial charge in [0, 0.05) is 48.6 Å². The maximum absolute atomic E-state index is 12.3. The van der Waals surface area contributed by atoms with E-state index in [0.717, 1.165) is 17.0 Å². The number of hydrogen-bond donors (Lipinski definition) is 3. The van der Waals surface area contributed by atoms with Gasteiger partial charge >= 0.3 is 6.03 Å². The Kier molecular flexibility index (Phi) is 5.35. The van der Waals surface area contributed by atoms with Crippen LogP contribution in [0.1, 0.15) is 25.8 Å². The molecule has 0 saturated heterocycles. The minimum absolute atomic E-state index is 0.0947. The van der Waals surface area contributed by atoms with Crippen molar-refractivity contribution < 1.29 is 9.59 Å². The van der Waals surface area contributed by atoms with E-state index in [-0.39, 0.29) is 17.4 Å². The van der Waals surface area contributed by atoms with E-state index < -0.39 is 0 Å². The molecule has 0 aromatic heterocycles. The third kappa shape index (κ3) is 4.49. The predicted octanol–water partition coefficient (Wildman–Crippen LogP) is 3.65. The Morgan fingerprint density at radius 1 is 1.07 bits per heavy atom. The highest BCUT2D eigenvalue weighted by Gasteiger charge is 2.33. The van der Waals surface area contributed by atoms with E-state index in [1.807, 2.05) is 81.4 Å². The van der Waals surface area contributed by atoms with E-state index in [2.05, 4.69) is 21.2 Å². The van der Waals surface area contributed by atoms with Gasteiger partial charge in [0.1, 0.15) is 0 Å². The molecule has 0 radical (unpaired) electrons. The number of hydrazone groups is 1. The van der Waals surface area contributed by atoms with Gasteiger partial charge in [0.05, 0.1) is 5.71 Å². The highest BCUT2D eigenvalue weighted by molar-refractivity contribution is 6.09. The Hall–Kier alpha value is -3.35. The molecule has 0 bridgehead atoms. The molecule has 146 valence electrons. The number of benzene rings is 2. The molecule has 28 heavy (non-hydrogen) atoms. The van der Waals surface area contributed by atoms with Crippen LogP contribution in [-0.4, -0.2) is 31.7 Å². The van der Waals surface area contributed by atoms with Crippen LogP contribution in [0.25, 0.3) is 0 Å². The lowest BCUT2D eigenvalue weighted by Crippen LogP contribution is -2.39. The topological polar surface area (TPSA) is 85.8 Å². The first-order valence-corrected chi connectivity index (χ1v) is 9.07. The van der Waals surface area contributed by atoms with Crippen molar-refractivity contribution in [1.29, 1.82) is 0 Å². The summed E-state index contributed by atoms with van der Waals surface area (Å²) >= 11 is 0. The highest BCUT2D eigenvalue weighted by Crippen LogP contribution is 2.30. The Labute approximate surface area is 164 Å². The van der Waals surface area contributed by atoms with Crippen molar-refractivity contribution in [2.75, 3.05) is 29.6 Å². The number of hydrogen-bond acceptors (Lipinski definition) is 4. The molecule has 3 rings (SSSR count). The van der Waals surface area contributed by atoms with Crippen LogP contribution < -0.4 is 21.0 Å². The first-order chi connectivity index (χ1) is 13.2. The quantitative estimate of drug-likeness (QED) is 0.758. The number of rotatable bonds is 4. The normalized spacial score (nSPS) is 15.3. The van der Waals surface area contributed by atoms with Crippen molar-refractivity contribution >= 4 is 34.7 Å². The van der Waals surface area contributed by atoms with Crippen molar-refractivity contribution in [3.8, 4) is 0 Å². The molecule has 3 N–H and O–H groups in total. The Morgan fingerprint density at radius 2 is 1.75 bits per heavy atom. The summed E-state index contributed by atoms with van der Waals surface area (Å²) in [5.41, 5.74) is 6.22. The Bertz CT molecular complexity index is 917. The number of urea groups is 1. The van der Waals surface area contributed by atoms with E-state index in [9.17, 15) is 9.59 Å². The average molecular weight is 379 g/mol. The predicted molar refractivity (Wildman–Crippen MR) is 113 cm³/mol. The molecule has 7 nitrogen and oxygen atoms in total. The van der Waals surface area contributed by atoms with Gasteiger partial charge in [-0.25, -0.2) is 10.2 Å². The second-order valence-corrected chi connectivity index (χ2v) is 7.66. The molecule has 0 aliphatic carbocycles. The summed E-state index contributed by atoms with van der Waals surface area (Å²) in [5.74, 6) is -0.0947. The number of anilines is 3. The zero-order valence-electron chi connectivity index (χ0n) is 16.5. The molecule has 2 aromatic rings. The molecular weight excluding hydrogens is 354 g/mol. The summed E-state index contributed by atoms with van der Waals surface area (Å²) < 4.78 is 0. The molecular formula is C21H25N5O2. The van der Waals surface area contributed by atoms with Gasteiger partial charge < -0.3 is 15.5 Å². The minimum Gasteiger partial charge on any atom is -0.378 e. The number of carbonyl (C=O) groups excluding carboxylic acids is 2. The monoisotopic (exact) mass is 379 g/mol. The molecule has 0 fully saturated rings. The maximum atomic E-state index is 12.3. The van der Waals surface area contributed by atoms with Gasteiger partial charge in [0.25, 0.3) is 0 Å². The third-order valence-electron chi connectivity index (χ3n) is 4.57. The lowest BCUT2D eigenvalue weighted by atomic mass is 9.79. The van der Waals surface area contributed by atoms with Crippen molar-refractivity contribution in [3.63, 3.8) is 0 Å². The second kappa shape index (κ2) is 7.72. The largest absolute Gasteiger partial charge is 0.378 e. The van der Waals surface area contributed by atoms with Crippen LogP contribution in [0.5, 0.6) is 0 Å². The first kappa shape index (κ1) is 19.4. The van der Waals surface area contributed by atoms with Crippen LogP contribution in [0.2, 0.25) is 0 Å². The van der Waals surface area contributed by atoms with Gasteiger partial charge in [-0.15, -0.1) is 0 Å². The molecule has 0 saturated carbocycles. The molecule has 1 heterocycles. The lowest BCUT2D eigenvalue weighted by Gasteiger charge is -2.29. The molecule has 0 atom stereocenters. The third-order valence-corrected chi connectivity index (χ3v) is 4.57. The molecule has 7 heteroatoms. The van der Waals surface area contributed by atoms with Crippen LogP contribution in [0.15, 0.2) is 53.6 Å².